The first kappa shape index (κ1) is 16.9. The van der Waals surface area contributed by atoms with E-state index < -0.39 is 0 Å². The highest BCUT2D eigenvalue weighted by atomic mass is 32.2. The number of fused-ring (bicyclic) bond motifs is 2. The van der Waals surface area contributed by atoms with Crippen LogP contribution in [0.15, 0.2) is 71.9 Å². The van der Waals surface area contributed by atoms with Crippen molar-refractivity contribution in [2.24, 2.45) is 0 Å². The normalized spacial score (nSPS) is 13.1. The molecule has 0 spiro atoms. The van der Waals surface area contributed by atoms with Gasteiger partial charge in [0, 0.05) is 17.6 Å². The average molecular weight is 387 g/mol. The molecule has 0 saturated heterocycles. The SMILES string of the molecule is O=C(CSc1nnnn1-c1cccc2ccccc12)N1CCc2ccccc21. The van der Waals surface area contributed by atoms with Gasteiger partial charge in [-0.2, -0.15) is 4.68 Å². The van der Waals surface area contributed by atoms with E-state index in [-0.39, 0.29) is 5.91 Å². The number of carbonyl (C=O) groups is 1. The highest BCUT2D eigenvalue weighted by Crippen LogP contribution is 2.29. The number of benzene rings is 3. The summed E-state index contributed by atoms with van der Waals surface area (Å²) in [6, 6.07) is 22.2. The number of amides is 1. The Morgan fingerprint density at radius 2 is 1.75 bits per heavy atom. The number of carbonyl (C=O) groups excluding carboxylic acids is 1. The fourth-order valence-corrected chi connectivity index (χ4v) is 4.37. The molecule has 1 amide bonds. The monoisotopic (exact) mass is 387 g/mol. The number of rotatable bonds is 4. The molecule has 5 rings (SSSR count). The zero-order valence-electron chi connectivity index (χ0n) is 15.0. The van der Waals surface area contributed by atoms with E-state index in [2.05, 4.69) is 33.7 Å². The lowest BCUT2D eigenvalue weighted by Gasteiger charge is -2.16. The molecule has 1 aromatic heterocycles. The van der Waals surface area contributed by atoms with Crippen molar-refractivity contribution < 1.29 is 4.79 Å². The number of tetrazole rings is 1. The maximum Gasteiger partial charge on any atom is 0.237 e. The highest BCUT2D eigenvalue weighted by molar-refractivity contribution is 7.99. The molecule has 0 fully saturated rings. The van der Waals surface area contributed by atoms with Crippen LogP contribution in [0.4, 0.5) is 5.69 Å². The van der Waals surface area contributed by atoms with Crippen molar-refractivity contribution in [1.29, 1.82) is 0 Å². The van der Waals surface area contributed by atoms with Crippen molar-refractivity contribution in [1.82, 2.24) is 20.2 Å². The standard InChI is InChI=1S/C21H17N5OS/c27-20(25-13-12-16-7-2-4-10-18(16)25)14-28-21-22-23-24-26(21)19-11-5-8-15-6-1-3-9-17(15)19/h1-11H,12-14H2. The highest BCUT2D eigenvalue weighted by Gasteiger charge is 2.24. The smallest absolute Gasteiger partial charge is 0.237 e. The molecule has 4 aromatic rings. The predicted molar refractivity (Wildman–Crippen MR) is 110 cm³/mol. The first-order chi connectivity index (χ1) is 13.8. The van der Waals surface area contributed by atoms with Crippen LogP contribution in [0, 0.1) is 0 Å². The topological polar surface area (TPSA) is 63.9 Å². The second-order valence-electron chi connectivity index (χ2n) is 6.58. The summed E-state index contributed by atoms with van der Waals surface area (Å²) in [5.74, 6) is 0.363. The fourth-order valence-electron chi connectivity index (χ4n) is 3.61. The molecule has 1 aliphatic heterocycles. The molecule has 0 aliphatic carbocycles. The Kier molecular flexibility index (Phi) is 4.29. The van der Waals surface area contributed by atoms with Crippen LogP contribution in [0.1, 0.15) is 5.56 Å². The molecule has 1 aliphatic rings. The van der Waals surface area contributed by atoms with Gasteiger partial charge >= 0.3 is 0 Å². The predicted octanol–water partition coefficient (Wildman–Crippen LogP) is 3.50. The summed E-state index contributed by atoms with van der Waals surface area (Å²) in [7, 11) is 0. The minimum Gasteiger partial charge on any atom is -0.311 e. The number of nitrogens with zero attached hydrogens (tertiary/aromatic N) is 5. The van der Waals surface area contributed by atoms with E-state index in [1.165, 1.54) is 17.3 Å². The molecular formula is C21H17N5OS. The van der Waals surface area contributed by atoms with Crippen LogP contribution in [0.3, 0.4) is 0 Å². The van der Waals surface area contributed by atoms with Crippen molar-refractivity contribution in [3.05, 3.63) is 72.3 Å². The van der Waals surface area contributed by atoms with Crippen LogP contribution >= 0.6 is 11.8 Å². The van der Waals surface area contributed by atoms with Crippen molar-refractivity contribution in [3.8, 4) is 5.69 Å². The molecule has 3 aromatic carbocycles. The molecular weight excluding hydrogens is 370 g/mol. The quantitative estimate of drug-likeness (QED) is 0.502. The average Bonchev–Trinajstić information content (AvgIpc) is 3.38. The van der Waals surface area contributed by atoms with Gasteiger partial charge in [-0.1, -0.05) is 66.4 Å². The Bertz CT molecular complexity index is 1170. The van der Waals surface area contributed by atoms with Gasteiger partial charge < -0.3 is 4.90 Å². The Morgan fingerprint density at radius 1 is 0.964 bits per heavy atom. The minimum atomic E-state index is 0.0717. The van der Waals surface area contributed by atoms with Crippen LogP contribution in [-0.2, 0) is 11.2 Å². The fraction of sp³-hybridized carbons (Fsp3) is 0.143. The summed E-state index contributed by atoms with van der Waals surface area (Å²) < 4.78 is 1.71. The molecule has 138 valence electrons. The number of para-hydroxylation sites is 1. The Balaban J connectivity index is 1.38. The molecule has 0 atom stereocenters. The molecule has 6 nitrogen and oxygen atoms in total. The molecule has 28 heavy (non-hydrogen) atoms. The zero-order chi connectivity index (χ0) is 18.9. The molecule has 0 unspecified atom stereocenters. The van der Waals surface area contributed by atoms with E-state index in [1.807, 2.05) is 53.4 Å². The first-order valence-corrected chi connectivity index (χ1v) is 10.1. The van der Waals surface area contributed by atoms with Crippen molar-refractivity contribution in [2.45, 2.75) is 11.6 Å². The molecule has 2 heterocycles. The Morgan fingerprint density at radius 3 is 2.71 bits per heavy atom. The molecule has 0 saturated carbocycles. The van der Waals surface area contributed by atoms with Crippen molar-refractivity contribution in [2.75, 3.05) is 17.2 Å². The lowest BCUT2D eigenvalue weighted by Crippen LogP contribution is -2.30. The minimum absolute atomic E-state index is 0.0717. The number of hydrogen-bond acceptors (Lipinski definition) is 5. The number of anilines is 1. The second kappa shape index (κ2) is 7.09. The van der Waals surface area contributed by atoms with Crippen LogP contribution in [0.2, 0.25) is 0 Å². The third kappa shape index (κ3) is 2.93. The summed E-state index contributed by atoms with van der Waals surface area (Å²) >= 11 is 1.36. The van der Waals surface area contributed by atoms with Gasteiger partial charge in [0.2, 0.25) is 11.1 Å². The summed E-state index contributed by atoms with van der Waals surface area (Å²) in [4.78, 5) is 14.6. The largest absolute Gasteiger partial charge is 0.311 e. The maximum absolute atomic E-state index is 12.8. The summed E-state index contributed by atoms with van der Waals surface area (Å²) in [5, 5.41) is 14.9. The van der Waals surface area contributed by atoms with Gasteiger partial charge in [-0.3, -0.25) is 4.79 Å². The van der Waals surface area contributed by atoms with Crippen molar-refractivity contribution >= 4 is 34.1 Å². The van der Waals surface area contributed by atoms with Crippen LogP contribution in [-0.4, -0.2) is 38.4 Å². The Hall–Kier alpha value is -3.19. The summed E-state index contributed by atoms with van der Waals surface area (Å²) in [5.41, 5.74) is 3.15. The number of aromatic nitrogens is 4. The molecule has 7 heteroatoms. The summed E-state index contributed by atoms with van der Waals surface area (Å²) in [6.07, 6.45) is 0.903. The second-order valence-corrected chi connectivity index (χ2v) is 7.53. The van der Waals surface area contributed by atoms with E-state index in [9.17, 15) is 4.79 Å². The molecule has 0 radical (unpaired) electrons. The Labute approximate surface area is 166 Å². The number of hydrogen-bond donors (Lipinski definition) is 0. The van der Waals surface area contributed by atoms with Crippen molar-refractivity contribution in [3.63, 3.8) is 0 Å². The maximum atomic E-state index is 12.8. The number of thioether (sulfide) groups is 1. The van der Waals surface area contributed by atoms with E-state index in [4.69, 9.17) is 0 Å². The third-order valence-corrected chi connectivity index (χ3v) is 5.85. The zero-order valence-corrected chi connectivity index (χ0v) is 15.8. The van der Waals surface area contributed by atoms with E-state index in [0.29, 0.717) is 10.9 Å². The lowest BCUT2D eigenvalue weighted by molar-refractivity contribution is -0.116. The lowest BCUT2D eigenvalue weighted by atomic mass is 10.1. The molecule has 0 bridgehead atoms. The van der Waals surface area contributed by atoms with Gasteiger partial charge in [0.15, 0.2) is 0 Å². The third-order valence-electron chi connectivity index (χ3n) is 4.95. The van der Waals surface area contributed by atoms with Gasteiger partial charge in [-0.05, 0) is 39.9 Å². The summed E-state index contributed by atoms with van der Waals surface area (Å²) in [6.45, 7) is 0.729. The van der Waals surface area contributed by atoms with E-state index in [1.54, 1.807) is 4.68 Å². The van der Waals surface area contributed by atoms with Gasteiger partial charge in [-0.25, -0.2) is 0 Å². The van der Waals surface area contributed by atoms with Crippen LogP contribution in [0.25, 0.3) is 16.5 Å². The van der Waals surface area contributed by atoms with Gasteiger partial charge in [0.25, 0.3) is 0 Å². The van der Waals surface area contributed by atoms with E-state index in [0.717, 1.165) is 35.1 Å². The molecule has 0 N–H and O–H groups in total. The van der Waals surface area contributed by atoms with Gasteiger partial charge in [0.05, 0.1) is 11.4 Å². The van der Waals surface area contributed by atoms with E-state index >= 15 is 0 Å². The van der Waals surface area contributed by atoms with Gasteiger partial charge in [0.1, 0.15) is 0 Å². The van der Waals surface area contributed by atoms with Crippen LogP contribution in [0.5, 0.6) is 0 Å². The first-order valence-electron chi connectivity index (χ1n) is 9.09. The van der Waals surface area contributed by atoms with Crippen LogP contribution < -0.4 is 4.90 Å². The van der Waals surface area contributed by atoms with Gasteiger partial charge in [-0.15, -0.1) is 5.10 Å².